The molecular formula is C29H30F4N4O3S. The summed E-state index contributed by atoms with van der Waals surface area (Å²) in [4.78, 5) is 8.97. The molecule has 1 saturated heterocycles. The van der Waals surface area contributed by atoms with Gasteiger partial charge in [-0.05, 0) is 73.5 Å². The first kappa shape index (κ1) is 28.9. The van der Waals surface area contributed by atoms with Crippen molar-refractivity contribution < 1.29 is 30.7 Å². The molecule has 12 heteroatoms. The maximum Gasteiger partial charge on any atom is 0.573 e. The Hall–Kier alpha value is -3.64. The third kappa shape index (κ3) is 6.82. The predicted molar refractivity (Wildman–Crippen MR) is 151 cm³/mol. The van der Waals surface area contributed by atoms with E-state index in [-0.39, 0.29) is 11.5 Å². The number of ether oxygens (including phenoxy) is 1. The fourth-order valence-electron chi connectivity index (χ4n) is 4.98. The molecule has 0 unspecified atom stereocenters. The number of fused-ring (bicyclic) bond motifs is 1. The zero-order valence-corrected chi connectivity index (χ0v) is 23.5. The van der Waals surface area contributed by atoms with Gasteiger partial charge in [-0.3, -0.25) is 0 Å². The van der Waals surface area contributed by atoms with Gasteiger partial charge in [0, 0.05) is 55.7 Å². The van der Waals surface area contributed by atoms with Crippen molar-refractivity contribution in [2.75, 3.05) is 50.1 Å². The second-order valence-corrected chi connectivity index (χ2v) is 12.6. The van der Waals surface area contributed by atoms with Gasteiger partial charge in [0.2, 0.25) is 0 Å². The van der Waals surface area contributed by atoms with Crippen LogP contribution in [0.2, 0.25) is 0 Å². The summed E-state index contributed by atoms with van der Waals surface area (Å²) >= 11 is 0. The minimum Gasteiger partial charge on any atom is -0.403 e. The van der Waals surface area contributed by atoms with Crippen LogP contribution >= 0.6 is 0 Å². The molecular weight excluding hydrogens is 560 g/mol. The van der Waals surface area contributed by atoms with Gasteiger partial charge in [-0.1, -0.05) is 6.07 Å². The zero-order chi connectivity index (χ0) is 29.4. The lowest BCUT2D eigenvalue weighted by atomic mass is 10.1. The minimum atomic E-state index is -5.00. The average molecular weight is 591 g/mol. The molecule has 0 spiro atoms. The molecule has 5 rings (SSSR count). The molecule has 3 heterocycles. The molecule has 0 amide bonds. The number of hydrogen-bond acceptors (Lipinski definition) is 6. The van der Waals surface area contributed by atoms with Gasteiger partial charge in [0.1, 0.15) is 5.65 Å². The van der Waals surface area contributed by atoms with Crippen LogP contribution in [0.3, 0.4) is 0 Å². The summed E-state index contributed by atoms with van der Waals surface area (Å²) < 4.78 is 81.5. The molecule has 1 aliphatic heterocycles. The quantitative estimate of drug-likeness (QED) is 0.254. The van der Waals surface area contributed by atoms with Crippen LogP contribution in [0.25, 0.3) is 28.0 Å². The molecule has 0 radical (unpaired) electrons. The van der Waals surface area contributed by atoms with E-state index in [0.717, 1.165) is 53.8 Å². The summed E-state index contributed by atoms with van der Waals surface area (Å²) in [7, 11) is 0.955. The van der Waals surface area contributed by atoms with Gasteiger partial charge in [-0.25, -0.2) is 17.8 Å². The second kappa shape index (κ2) is 11.3. The van der Waals surface area contributed by atoms with Crippen molar-refractivity contribution in [1.82, 2.24) is 14.5 Å². The topological polar surface area (TPSA) is 67.7 Å². The first-order valence-corrected chi connectivity index (χ1v) is 15.0. The van der Waals surface area contributed by atoms with E-state index in [2.05, 4.69) is 9.64 Å². The van der Waals surface area contributed by atoms with Crippen molar-refractivity contribution in [3.63, 3.8) is 0 Å². The molecule has 2 aromatic heterocycles. The fourth-order valence-corrected chi connectivity index (χ4v) is 6.26. The van der Waals surface area contributed by atoms with Crippen LogP contribution in [0.4, 0.5) is 23.2 Å². The van der Waals surface area contributed by atoms with E-state index in [1.165, 1.54) is 6.07 Å². The standard InChI is InChI=1S/C29H30F4N4O3S/c1-35(2)22-6-3-7-23(18-22)37-19-21(5-4-12-36-13-15-41(38,39)16-14-36)24-9-10-26(34-28(24)37)20-8-11-27(25(30)17-20)40-29(31,32)33/h3,6-11,17-19H,4-5,12-16H2,1-2H3. The molecule has 2 aromatic carbocycles. The second-order valence-electron chi connectivity index (χ2n) is 10.3. The SMILES string of the molecule is CN(C)c1cccc(-n2cc(CCCN3CCS(=O)(=O)CC3)c3ccc(-c4ccc(OC(F)(F)F)c(F)c4)nc32)c1. The Morgan fingerprint density at radius 1 is 1.02 bits per heavy atom. The number of alkyl halides is 3. The zero-order valence-electron chi connectivity index (χ0n) is 22.7. The Labute approximate surface area is 235 Å². The number of benzene rings is 2. The molecule has 0 aliphatic carbocycles. The molecule has 1 fully saturated rings. The van der Waals surface area contributed by atoms with Crippen LogP contribution in [0.15, 0.2) is 60.8 Å². The van der Waals surface area contributed by atoms with E-state index in [0.29, 0.717) is 30.0 Å². The van der Waals surface area contributed by atoms with Crippen LogP contribution in [-0.4, -0.2) is 74.5 Å². The maximum absolute atomic E-state index is 14.5. The Balaban J connectivity index is 1.48. The molecule has 0 saturated carbocycles. The predicted octanol–water partition coefficient (Wildman–Crippen LogP) is 5.46. The van der Waals surface area contributed by atoms with E-state index in [1.54, 1.807) is 6.07 Å². The summed E-state index contributed by atoms with van der Waals surface area (Å²) in [5.41, 5.74) is 4.27. The van der Waals surface area contributed by atoms with E-state index >= 15 is 0 Å². The van der Waals surface area contributed by atoms with Gasteiger partial charge >= 0.3 is 6.36 Å². The average Bonchev–Trinajstić information content (AvgIpc) is 3.28. The highest BCUT2D eigenvalue weighted by atomic mass is 32.2. The lowest BCUT2D eigenvalue weighted by molar-refractivity contribution is -0.275. The van der Waals surface area contributed by atoms with E-state index in [9.17, 15) is 26.0 Å². The Morgan fingerprint density at radius 2 is 1.78 bits per heavy atom. The van der Waals surface area contributed by atoms with Crippen molar-refractivity contribution in [1.29, 1.82) is 0 Å². The van der Waals surface area contributed by atoms with Gasteiger partial charge in [0.15, 0.2) is 21.4 Å². The first-order valence-electron chi connectivity index (χ1n) is 13.2. The van der Waals surface area contributed by atoms with Crippen molar-refractivity contribution in [2.45, 2.75) is 19.2 Å². The van der Waals surface area contributed by atoms with Gasteiger partial charge in [0.25, 0.3) is 0 Å². The number of aryl methyl sites for hydroxylation is 1. The van der Waals surface area contributed by atoms with E-state index in [4.69, 9.17) is 4.98 Å². The normalized spacial score (nSPS) is 15.8. The van der Waals surface area contributed by atoms with Crippen molar-refractivity contribution >= 4 is 26.6 Å². The van der Waals surface area contributed by atoms with Crippen LogP contribution in [-0.2, 0) is 16.3 Å². The molecule has 0 atom stereocenters. The number of pyridine rings is 1. The number of hydrogen-bond donors (Lipinski definition) is 0. The molecule has 4 aromatic rings. The largest absolute Gasteiger partial charge is 0.573 e. The Bertz CT molecular complexity index is 1650. The summed E-state index contributed by atoms with van der Waals surface area (Å²) in [6.45, 7) is 1.85. The molecule has 7 nitrogen and oxygen atoms in total. The van der Waals surface area contributed by atoms with E-state index < -0.39 is 27.8 Å². The Morgan fingerprint density at radius 3 is 2.46 bits per heavy atom. The lowest BCUT2D eigenvalue weighted by Gasteiger charge is -2.26. The number of sulfone groups is 1. The highest BCUT2D eigenvalue weighted by molar-refractivity contribution is 7.91. The number of anilines is 1. The van der Waals surface area contributed by atoms with Gasteiger partial charge in [-0.15, -0.1) is 13.2 Å². The van der Waals surface area contributed by atoms with Crippen LogP contribution < -0.4 is 9.64 Å². The summed E-state index contributed by atoms with van der Waals surface area (Å²) in [5.74, 6) is -1.67. The fraction of sp³-hybridized carbons (Fsp3) is 0.345. The van der Waals surface area contributed by atoms with Crippen LogP contribution in [0, 0.1) is 5.82 Å². The van der Waals surface area contributed by atoms with Gasteiger partial charge in [0.05, 0.1) is 17.2 Å². The number of rotatable bonds is 8. The van der Waals surface area contributed by atoms with Crippen molar-refractivity contribution in [3.8, 4) is 22.7 Å². The molecule has 41 heavy (non-hydrogen) atoms. The molecule has 0 bridgehead atoms. The lowest BCUT2D eigenvalue weighted by Crippen LogP contribution is -2.40. The van der Waals surface area contributed by atoms with E-state index in [1.807, 2.05) is 60.1 Å². The monoisotopic (exact) mass is 590 g/mol. The molecule has 218 valence electrons. The Kier molecular flexibility index (Phi) is 7.97. The highest BCUT2D eigenvalue weighted by Gasteiger charge is 2.32. The van der Waals surface area contributed by atoms with Gasteiger partial charge in [-0.2, -0.15) is 0 Å². The van der Waals surface area contributed by atoms with Crippen molar-refractivity contribution in [3.05, 3.63) is 72.2 Å². The maximum atomic E-state index is 14.5. The first-order chi connectivity index (χ1) is 19.4. The highest BCUT2D eigenvalue weighted by Crippen LogP contribution is 2.32. The summed E-state index contributed by atoms with van der Waals surface area (Å²) in [5, 5.41) is 0.905. The molecule has 0 N–H and O–H groups in total. The third-order valence-electron chi connectivity index (χ3n) is 7.17. The van der Waals surface area contributed by atoms with Crippen molar-refractivity contribution in [2.24, 2.45) is 0 Å². The number of aromatic nitrogens is 2. The smallest absolute Gasteiger partial charge is 0.403 e. The number of halogens is 4. The number of nitrogens with zero attached hydrogens (tertiary/aromatic N) is 4. The van der Waals surface area contributed by atoms with Crippen LogP contribution in [0.5, 0.6) is 5.75 Å². The van der Waals surface area contributed by atoms with Crippen LogP contribution in [0.1, 0.15) is 12.0 Å². The third-order valence-corrected chi connectivity index (χ3v) is 8.78. The summed E-state index contributed by atoms with van der Waals surface area (Å²) in [6, 6.07) is 14.8. The minimum absolute atomic E-state index is 0.186. The van der Waals surface area contributed by atoms with Gasteiger partial charge < -0.3 is 19.1 Å². The molecule has 1 aliphatic rings. The summed E-state index contributed by atoms with van der Waals surface area (Å²) in [6.07, 6.45) is -1.41.